The highest BCUT2D eigenvalue weighted by atomic mass is 32.1. The number of rotatable bonds is 2. The number of anilines is 1. The summed E-state index contributed by atoms with van der Waals surface area (Å²) in [7, 11) is 0. The number of carbonyl (C=O) groups excluding carboxylic acids is 1. The van der Waals surface area contributed by atoms with Crippen LogP contribution in [0.25, 0.3) is 5.00 Å². The van der Waals surface area contributed by atoms with Gasteiger partial charge in [-0.15, -0.1) is 11.3 Å². The summed E-state index contributed by atoms with van der Waals surface area (Å²) in [5.74, 6) is 0. The molecule has 5 heteroatoms. The number of aromatic nitrogens is 1. The topological polar surface area (TPSA) is 37.3 Å². The Bertz CT molecular complexity index is 1410. The van der Waals surface area contributed by atoms with Crippen LogP contribution in [0.4, 0.5) is 10.5 Å². The normalized spacial score (nSPS) is 16.8. The van der Waals surface area contributed by atoms with E-state index in [1.54, 1.807) is 0 Å². The molecule has 4 aromatic rings. The molecule has 0 radical (unpaired) electrons. The standard InChI is InChI=1S/C30H31N3OS/c1-19-10-13-22(14-11-19)28-26-8-6-16-32(26)29-24(23-7-4-5-9-27(23)35-29)18-33(28)30(34)31-25-15-12-20(2)17-21(25)3/h6,8,10-17,28H,4-5,7,9,18H2,1-3H3,(H,31,34)/t28-/m0/s1. The van der Waals surface area contributed by atoms with E-state index >= 15 is 0 Å². The average Bonchev–Trinajstić information content (AvgIpc) is 3.43. The molecule has 1 N–H and O–H groups in total. The van der Waals surface area contributed by atoms with E-state index < -0.39 is 0 Å². The highest BCUT2D eigenvalue weighted by molar-refractivity contribution is 7.15. The zero-order valence-electron chi connectivity index (χ0n) is 20.6. The highest BCUT2D eigenvalue weighted by Crippen LogP contribution is 2.44. The van der Waals surface area contributed by atoms with Gasteiger partial charge >= 0.3 is 6.03 Å². The lowest BCUT2D eigenvalue weighted by Gasteiger charge is -2.31. The second kappa shape index (κ2) is 8.72. The van der Waals surface area contributed by atoms with Crippen LogP contribution in [-0.4, -0.2) is 15.5 Å². The van der Waals surface area contributed by atoms with Gasteiger partial charge in [0.05, 0.1) is 18.3 Å². The van der Waals surface area contributed by atoms with Crippen LogP contribution in [0.5, 0.6) is 0 Å². The number of thiophene rings is 1. The van der Waals surface area contributed by atoms with Crippen LogP contribution in [0.3, 0.4) is 0 Å². The molecule has 0 bridgehead atoms. The van der Waals surface area contributed by atoms with Gasteiger partial charge in [0.15, 0.2) is 0 Å². The van der Waals surface area contributed by atoms with Gasteiger partial charge in [-0.2, -0.15) is 0 Å². The molecule has 2 amide bonds. The van der Waals surface area contributed by atoms with E-state index in [0.29, 0.717) is 6.54 Å². The van der Waals surface area contributed by atoms with Crippen LogP contribution >= 0.6 is 11.3 Å². The third-order valence-electron chi connectivity index (χ3n) is 7.46. The molecule has 0 fully saturated rings. The fraction of sp³-hybridized carbons (Fsp3) is 0.300. The molecule has 2 aromatic heterocycles. The summed E-state index contributed by atoms with van der Waals surface area (Å²) in [5.41, 5.74) is 9.44. The van der Waals surface area contributed by atoms with Gasteiger partial charge in [0.25, 0.3) is 0 Å². The monoisotopic (exact) mass is 481 g/mol. The van der Waals surface area contributed by atoms with Crippen molar-refractivity contribution >= 4 is 23.1 Å². The summed E-state index contributed by atoms with van der Waals surface area (Å²) in [6.07, 6.45) is 6.92. The molecule has 4 nitrogen and oxygen atoms in total. The van der Waals surface area contributed by atoms with Gasteiger partial charge in [-0.1, -0.05) is 47.5 Å². The summed E-state index contributed by atoms with van der Waals surface area (Å²) in [6.45, 7) is 6.85. The van der Waals surface area contributed by atoms with Gasteiger partial charge in [0, 0.05) is 22.3 Å². The molecule has 0 spiro atoms. The lowest BCUT2D eigenvalue weighted by Crippen LogP contribution is -2.38. The third kappa shape index (κ3) is 3.88. The Morgan fingerprint density at radius 1 is 0.943 bits per heavy atom. The second-order valence-electron chi connectivity index (χ2n) is 9.99. The minimum atomic E-state index is -0.171. The fourth-order valence-corrected chi connectivity index (χ4v) is 7.03. The van der Waals surface area contributed by atoms with Crippen LogP contribution in [0.15, 0.2) is 60.8 Å². The van der Waals surface area contributed by atoms with Crippen molar-refractivity contribution in [1.29, 1.82) is 0 Å². The van der Waals surface area contributed by atoms with Crippen molar-refractivity contribution in [2.24, 2.45) is 0 Å². The van der Waals surface area contributed by atoms with Gasteiger partial charge in [-0.25, -0.2) is 4.79 Å². The first-order valence-corrected chi connectivity index (χ1v) is 13.3. The Morgan fingerprint density at radius 3 is 2.51 bits per heavy atom. The number of hydrogen-bond acceptors (Lipinski definition) is 2. The minimum Gasteiger partial charge on any atom is -0.310 e. The van der Waals surface area contributed by atoms with Crippen LogP contribution in [0.1, 0.15) is 62.8 Å². The highest BCUT2D eigenvalue weighted by Gasteiger charge is 2.36. The summed E-state index contributed by atoms with van der Waals surface area (Å²) >= 11 is 1.92. The molecule has 178 valence electrons. The zero-order valence-corrected chi connectivity index (χ0v) is 21.4. The maximum atomic E-state index is 14.0. The molecule has 35 heavy (non-hydrogen) atoms. The first-order valence-electron chi connectivity index (χ1n) is 12.5. The van der Waals surface area contributed by atoms with E-state index in [-0.39, 0.29) is 12.1 Å². The molecule has 2 aromatic carbocycles. The first kappa shape index (κ1) is 22.2. The molecular weight excluding hydrogens is 450 g/mol. The Balaban J connectivity index is 1.49. The van der Waals surface area contributed by atoms with Crippen molar-refractivity contribution in [3.8, 4) is 5.00 Å². The quantitative estimate of drug-likeness (QED) is 0.317. The van der Waals surface area contributed by atoms with Crippen LogP contribution < -0.4 is 5.32 Å². The van der Waals surface area contributed by atoms with Crippen LogP contribution in [0.2, 0.25) is 0 Å². The maximum Gasteiger partial charge on any atom is 0.322 e. The summed E-state index contributed by atoms with van der Waals surface area (Å²) < 4.78 is 2.34. The van der Waals surface area contributed by atoms with E-state index in [2.05, 4.69) is 85.4 Å². The number of hydrogen-bond donors (Lipinski definition) is 1. The van der Waals surface area contributed by atoms with Gasteiger partial charge in [0.2, 0.25) is 0 Å². The predicted molar refractivity (Wildman–Crippen MR) is 144 cm³/mol. The molecule has 2 aliphatic rings. The van der Waals surface area contributed by atoms with Crippen molar-refractivity contribution in [3.05, 3.63) is 105 Å². The number of benzene rings is 2. The molecule has 0 saturated carbocycles. The summed E-state index contributed by atoms with van der Waals surface area (Å²) in [6, 6.07) is 18.9. The summed E-state index contributed by atoms with van der Waals surface area (Å²) in [5, 5.41) is 4.54. The van der Waals surface area contributed by atoms with E-state index in [1.807, 2.05) is 22.3 Å². The smallest absolute Gasteiger partial charge is 0.310 e. The Hall–Kier alpha value is -3.31. The van der Waals surface area contributed by atoms with Crippen molar-refractivity contribution in [2.45, 2.75) is 59.0 Å². The van der Waals surface area contributed by atoms with Gasteiger partial charge in [0.1, 0.15) is 5.00 Å². The van der Waals surface area contributed by atoms with E-state index in [4.69, 9.17) is 0 Å². The van der Waals surface area contributed by atoms with Crippen molar-refractivity contribution in [2.75, 3.05) is 5.32 Å². The Labute approximate surface area is 211 Å². The number of amides is 2. The van der Waals surface area contributed by atoms with Gasteiger partial charge in [-0.3, -0.25) is 0 Å². The number of nitrogens with one attached hydrogen (secondary N) is 1. The van der Waals surface area contributed by atoms with Crippen LogP contribution in [0, 0.1) is 20.8 Å². The Morgan fingerprint density at radius 2 is 1.71 bits per heavy atom. The zero-order chi connectivity index (χ0) is 24.1. The molecule has 0 saturated heterocycles. The molecule has 1 atom stereocenters. The SMILES string of the molecule is Cc1ccc([C@H]2c3cccn3-c3sc4c(c3CN2C(=O)Nc2ccc(C)cc2C)CCCC4)cc1. The minimum absolute atomic E-state index is 0.0566. The number of aryl methyl sites for hydroxylation is 4. The van der Waals surface area contributed by atoms with Crippen LogP contribution in [-0.2, 0) is 19.4 Å². The Kier molecular flexibility index (Phi) is 5.53. The molecule has 3 heterocycles. The van der Waals surface area contributed by atoms with Gasteiger partial charge in [-0.05, 0) is 81.3 Å². The molecule has 6 rings (SSSR count). The van der Waals surface area contributed by atoms with Gasteiger partial charge < -0.3 is 14.8 Å². The first-order chi connectivity index (χ1) is 17.0. The largest absolute Gasteiger partial charge is 0.322 e. The molecule has 0 unspecified atom stereocenters. The van der Waals surface area contributed by atoms with E-state index in [1.165, 1.54) is 45.0 Å². The van der Waals surface area contributed by atoms with Crippen molar-refractivity contribution in [3.63, 3.8) is 0 Å². The molecule has 1 aliphatic carbocycles. The van der Waals surface area contributed by atoms with Crippen molar-refractivity contribution < 1.29 is 4.79 Å². The number of carbonyl (C=O) groups is 1. The summed E-state index contributed by atoms with van der Waals surface area (Å²) in [4.78, 5) is 17.6. The predicted octanol–water partition coefficient (Wildman–Crippen LogP) is 7.48. The van der Waals surface area contributed by atoms with E-state index in [9.17, 15) is 4.79 Å². The number of urea groups is 1. The third-order valence-corrected chi connectivity index (χ3v) is 8.79. The second-order valence-corrected chi connectivity index (χ2v) is 11.1. The fourth-order valence-electron chi connectivity index (χ4n) is 5.63. The number of nitrogens with zero attached hydrogens (tertiary/aromatic N) is 2. The lowest BCUT2D eigenvalue weighted by atomic mass is 9.95. The van der Waals surface area contributed by atoms with Crippen molar-refractivity contribution in [1.82, 2.24) is 9.47 Å². The molecular formula is C30H31N3OS. The molecule has 1 aliphatic heterocycles. The number of fused-ring (bicyclic) bond motifs is 5. The average molecular weight is 482 g/mol. The maximum absolute atomic E-state index is 14.0. The van der Waals surface area contributed by atoms with E-state index in [0.717, 1.165) is 35.3 Å². The lowest BCUT2D eigenvalue weighted by molar-refractivity contribution is 0.194.